The first-order chi connectivity index (χ1) is 13.0. The summed E-state index contributed by atoms with van der Waals surface area (Å²) < 4.78 is 5.94. The maximum absolute atomic E-state index is 12.7. The Bertz CT molecular complexity index is 901. The van der Waals surface area contributed by atoms with Gasteiger partial charge in [-0.05, 0) is 56.3 Å². The second-order valence-electron chi connectivity index (χ2n) is 6.72. The molecule has 1 amide bonds. The van der Waals surface area contributed by atoms with Crippen LogP contribution in [0.1, 0.15) is 45.3 Å². The van der Waals surface area contributed by atoms with Gasteiger partial charge in [-0.15, -0.1) is 22.7 Å². The van der Waals surface area contributed by atoms with Crippen molar-refractivity contribution in [2.75, 3.05) is 0 Å². The number of carbonyl (C=O) groups is 1. The van der Waals surface area contributed by atoms with Crippen LogP contribution >= 0.6 is 22.7 Å². The van der Waals surface area contributed by atoms with Crippen LogP contribution in [0.5, 0.6) is 5.75 Å². The van der Waals surface area contributed by atoms with Crippen LogP contribution in [0, 0.1) is 13.8 Å². The van der Waals surface area contributed by atoms with Gasteiger partial charge in [0, 0.05) is 11.4 Å². The molecule has 0 saturated heterocycles. The predicted octanol–water partition coefficient (Wildman–Crippen LogP) is 5.45. The monoisotopic (exact) mass is 400 g/mol. The number of thiazole rings is 1. The molecule has 0 aliphatic carbocycles. The predicted molar refractivity (Wildman–Crippen MR) is 112 cm³/mol. The molecule has 0 spiro atoms. The van der Waals surface area contributed by atoms with E-state index in [2.05, 4.69) is 24.9 Å². The first kappa shape index (κ1) is 19.6. The summed E-state index contributed by atoms with van der Waals surface area (Å²) in [5.74, 6) is 0.949. The number of aryl methyl sites for hydroxylation is 1. The highest BCUT2D eigenvalue weighted by atomic mass is 32.1. The van der Waals surface area contributed by atoms with E-state index < -0.39 is 0 Å². The van der Waals surface area contributed by atoms with E-state index in [0.717, 1.165) is 26.9 Å². The highest BCUT2D eigenvalue weighted by Crippen LogP contribution is 2.23. The number of aromatic nitrogens is 1. The second-order valence-corrected chi connectivity index (χ2v) is 8.61. The fourth-order valence-corrected chi connectivity index (χ4v) is 4.09. The standard InChI is InChI=1S/C21H24N2O2S2/c1-14(2)23(21(24)19-9-6-10-26-19)11-17-13-27-20(22-17)12-25-18-8-5-7-15(3)16(18)4/h5-10,13-14H,11-12H2,1-4H3. The number of carbonyl (C=O) groups excluding carboxylic acids is 1. The highest BCUT2D eigenvalue weighted by molar-refractivity contribution is 7.12. The van der Waals surface area contributed by atoms with Crippen LogP contribution < -0.4 is 4.74 Å². The first-order valence-corrected chi connectivity index (χ1v) is 10.7. The number of hydrogen-bond acceptors (Lipinski definition) is 5. The van der Waals surface area contributed by atoms with Crippen LogP contribution in [0.4, 0.5) is 0 Å². The zero-order valence-electron chi connectivity index (χ0n) is 16.1. The molecule has 2 aromatic heterocycles. The van der Waals surface area contributed by atoms with Crippen LogP contribution in [0.3, 0.4) is 0 Å². The van der Waals surface area contributed by atoms with Gasteiger partial charge in [-0.2, -0.15) is 0 Å². The smallest absolute Gasteiger partial charge is 0.264 e. The summed E-state index contributed by atoms with van der Waals surface area (Å²) in [4.78, 5) is 20.0. The van der Waals surface area contributed by atoms with Crippen molar-refractivity contribution in [3.05, 3.63) is 67.8 Å². The zero-order valence-corrected chi connectivity index (χ0v) is 17.7. The molecule has 6 heteroatoms. The molecule has 142 valence electrons. The van der Waals surface area contributed by atoms with Gasteiger partial charge in [-0.3, -0.25) is 4.79 Å². The first-order valence-electron chi connectivity index (χ1n) is 8.92. The summed E-state index contributed by atoms with van der Waals surface area (Å²) in [6.45, 7) is 9.15. The summed E-state index contributed by atoms with van der Waals surface area (Å²) in [6.07, 6.45) is 0. The SMILES string of the molecule is Cc1cccc(OCc2nc(CN(C(=O)c3cccs3)C(C)C)cs2)c1C. The van der Waals surface area contributed by atoms with Gasteiger partial charge in [0.2, 0.25) is 0 Å². The van der Waals surface area contributed by atoms with Crippen molar-refractivity contribution < 1.29 is 9.53 Å². The number of ether oxygens (including phenoxy) is 1. The third-order valence-electron chi connectivity index (χ3n) is 4.45. The third kappa shape index (κ3) is 4.76. The van der Waals surface area contributed by atoms with Crippen LogP contribution in [-0.4, -0.2) is 21.8 Å². The van der Waals surface area contributed by atoms with E-state index in [9.17, 15) is 4.79 Å². The highest BCUT2D eigenvalue weighted by Gasteiger charge is 2.21. The molecule has 0 unspecified atom stereocenters. The minimum atomic E-state index is 0.0567. The summed E-state index contributed by atoms with van der Waals surface area (Å²) in [7, 11) is 0. The number of nitrogens with zero attached hydrogens (tertiary/aromatic N) is 2. The van der Waals surface area contributed by atoms with Crippen LogP contribution in [0.15, 0.2) is 41.1 Å². The second kappa shape index (κ2) is 8.67. The van der Waals surface area contributed by atoms with E-state index in [1.54, 1.807) is 11.3 Å². The Balaban J connectivity index is 1.65. The van der Waals surface area contributed by atoms with E-state index in [-0.39, 0.29) is 11.9 Å². The lowest BCUT2D eigenvalue weighted by Gasteiger charge is -2.25. The molecule has 4 nitrogen and oxygen atoms in total. The molecular formula is C21H24N2O2S2. The van der Waals surface area contributed by atoms with Crippen molar-refractivity contribution >= 4 is 28.6 Å². The molecule has 0 aliphatic heterocycles. The molecule has 27 heavy (non-hydrogen) atoms. The Morgan fingerprint density at radius 1 is 1.19 bits per heavy atom. The average molecular weight is 401 g/mol. The van der Waals surface area contributed by atoms with Gasteiger partial charge in [-0.25, -0.2) is 4.98 Å². The summed E-state index contributed by atoms with van der Waals surface area (Å²) >= 11 is 3.04. The van der Waals surface area contributed by atoms with Gasteiger partial charge in [0.1, 0.15) is 17.4 Å². The van der Waals surface area contributed by atoms with Gasteiger partial charge < -0.3 is 9.64 Å². The number of hydrogen-bond donors (Lipinski definition) is 0. The average Bonchev–Trinajstić information content (AvgIpc) is 3.32. The number of rotatable bonds is 7. The lowest BCUT2D eigenvalue weighted by Crippen LogP contribution is -2.36. The summed E-state index contributed by atoms with van der Waals surface area (Å²) in [5.41, 5.74) is 3.27. The van der Waals surface area contributed by atoms with E-state index in [1.165, 1.54) is 16.9 Å². The van der Waals surface area contributed by atoms with Crippen LogP contribution in [0.2, 0.25) is 0 Å². The Kier molecular flexibility index (Phi) is 6.29. The third-order valence-corrected chi connectivity index (χ3v) is 6.18. The molecule has 0 N–H and O–H groups in total. The van der Waals surface area contributed by atoms with Crippen LogP contribution in [0.25, 0.3) is 0 Å². The molecular weight excluding hydrogens is 376 g/mol. The van der Waals surface area contributed by atoms with Crippen molar-refractivity contribution in [3.8, 4) is 5.75 Å². The Labute approximate surface area is 168 Å². The van der Waals surface area contributed by atoms with Crippen molar-refractivity contribution in [2.24, 2.45) is 0 Å². The molecule has 0 atom stereocenters. The number of benzene rings is 1. The van der Waals surface area contributed by atoms with Crippen molar-refractivity contribution in [3.63, 3.8) is 0 Å². The van der Waals surface area contributed by atoms with Gasteiger partial charge in [-0.1, -0.05) is 18.2 Å². The molecule has 3 aromatic rings. The van der Waals surface area contributed by atoms with E-state index in [1.807, 2.05) is 53.8 Å². The van der Waals surface area contributed by atoms with Gasteiger partial charge >= 0.3 is 0 Å². The maximum Gasteiger partial charge on any atom is 0.264 e. The number of amides is 1. The zero-order chi connectivity index (χ0) is 19.4. The van der Waals surface area contributed by atoms with Gasteiger partial charge in [0.15, 0.2) is 0 Å². The van der Waals surface area contributed by atoms with Crippen molar-refractivity contribution in [2.45, 2.75) is 46.9 Å². The number of thiophene rings is 1. The lowest BCUT2D eigenvalue weighted by molar-refractivity contribution is 0.0693. The fraction of sp³-hybridized carbons (Fsp3) is 0.333. The molecule has 0 saturated carbocycles. The molecule has 0 fully saturated rings. The van der Waals surface area contributed by atoms with Gasteiger partial charge in [0.05, 0.1) is 17.1 Å². The van der Waals surface area contributed by atoms with E-state index in [0.29, 0.717) is 13.2 Å². The Morgan fingerprint density at radius 2 is 2.00 bits per heavy atom. The summed E-state index contributed by atoms with van der Waals surface area (Å²) in [6, 6.07) is 9.94. The van der Waals surface area contributed by atoms with Crippen molar-refractivity contribution in [1.29, 1.82) is 0 Å². The lowest BCUT2D eigenvalue weighted by atomic mass is 10.1. The Hall–Kier alpha value is -2.18. The minimum Gasteiger partial charge on any atom is -0.486 e. The molecule has 1 aromatic carbocycles. The molecule has 0 bridgehead atoms. The van der Waals surface area contributed by atoms with Gasteiger partial charge in [0.25, 0.3) is 5.91 Å². The normalized spacial score (nSPS) is 11.0. The quantitative estimate of drug-likeness (QED) is 0.529. The molecule has 2 heterocycles. The van der Waals surface area contributed by atoms with E-state index >= 15 is 0 Å². The van der Waals surface area contributed by atoms with E-state index in [4.69, 9.17) is 4.74 Å². The maximum atomic E-state index is 12.7. The van der Waals surface area contributed by atoms with Crippen molar-refractivity contribution in [1.82, 2.24) is 9.88 Å². The molecule has 0 aliphatic rings. The molecule has 3 rings (SSSR count). The largest absolute Gasteiger partial charge is 0.486 e. The minimum absolute atomic E-state index is 0.0567. The fourth-order valence-electron chi connectivity index (χ4n) is 2.71. The molecule has 0 radical (unpaired) electrons. The summed E-state index contributed by atoms with van der Waals surface area (Å²) in [5, 5.41) is 4.86. The topological polar surface area (TPSA) is 42.4 Å². The van der Waals surface area contributed by atoms with Crippen LogP contribution in [-0.2, 0) is 13.2 Å². The Morgan fingerprint density at radius 3 is 2.70 bits per heavy atom.